The molecular weight excluding hydrogens is 586 g/mol. The van der Waals surface area contributed by atoms with Gasteiger partial charge in [0.15, 0.2) is 0 Å². The Morgan fingerprint density at radius 3 is 2.32 bits per heavy atom. The van der Waals surface area contributed by atoms with Crippen molar-refractivity contribution in [3.05, 3.63) is 70.1 Å². The maximum Gasteiger partial charge on any atom is 0.469 e. The molecule has 3 N–H and O–H groups in total. The lowest BCUT2D eigenvalue weighted by atomic mass is 9.97. The van der Waals surface area contributed by atoms with Crippen LogP contribution in [-0.2, 0) is 14.6 Å². The molecular formula is C29H39Cl2N4O5P. The van der Waals surface area contributed by atoms with Crippen LogP contribution in [0.25, 0.3) is 11.1 Å². The predicted octanol–water partition coefficient (Wildman–Crippen LogP) is 7.52. The molecule has 1 atom stereocenters. The molecule has 0 spiro atoms. The average Bonchev–Trinajstić information content (AvgIpc) is 3.27. The minimum atomic E-state index is -4.84. The zero-order chi connectivity index (χ0) is 30.9. The lowest BCUT2D eigenvalue weighted by molar-refractivity contribution is 0.0279. The maximum atomic E-state index is 14.6. The maximum absolute atomic E-state index is 14.6. The largest absolute Gasteiger partial charge is 0.469 e. The number of nitrogens with zero attached hydrogens (tertiary/aromatic N) is 3. The van der Waals surface area contributed by atoms with Crippen LogP contribution in [0, 0.1) is 0 Å². The molecule has 0 fully saturated rings. The van der Waals surface area contributed by atoms with Crippen LogP contribution in [0.15, 0.2) is 48.8 Å². The molecule has 224 valence electrons. The highest BCUT2D eigenvalue weighted by Gasteiger charge is 2.38. The van der Waals surface area contributed by atoms with Gasteiger partial charge >= 0.3 is 7.82 Å². The first-order chi connectivity index (χ1) is 18.8. The molecule has 3 rings (SSSR count). The summed E-state index contributed by atoms with van der Waals surface area (Å²) in [5.41, 5.74) is 1.08. The molecule has 3 aromatic rings. The van der Waals surface area contributed by atoms with E-state index in [-0.39, 0.29) is 11.9 Å². The minimum Gasteiger partial charge on any atom is -0.368 e. The first kappa shape index (κ1) is 33.1. The van der Waals surface area contributed by atoms with Crippen LogP contribution in [0.5, 0.6) is 0 Å². The van der Waals surface area contributed by atoms with Crippen LogP contribution < -0.4 is 5.32 Å². The predicted molar refractivity (Wildman–Crippen MR) is 165 cm³/mol. The fourth-order valence-electron chi connectivity index (χ4n) is 4.60. The van der Waals surface area contributed by atoms with Gasteiger partial charge in [-0.3, -0.25) is 9.32 Å². The molecule has 1 aromatic carbocycles. The van der Waals surface area contributed by atoms with Crippen LogP contribution >= 0.6 is 31.0 Å². The molecule has 0 aliphatic heterocycles. The van der Waals surface area contributed by atoms with Gasteiger partial charge in [-0.25, -0.2) is 9.55 Å². The Balaban J connectivity index is 2.21. The Labute approximate surface area is 252 Å². The van der Waals surface area contributed by atoms with Crippen molar-refractivity contribution >= 4 is 42.7 Å². The second kappa shape index (κ2) is 12.5. The standard InChI is InChI=1S/C29H39Cl2N4O5P/c1-18(2)33-26-14-22(23(31)15-32-26)20-13-24(34(16-20)28(3,4)5)27(36)35(29(6,7)8)25(17-40-41(37,38)39)19-10-9-11-21(30)12-19/h9-16,18,25H,17H2,1-8H3,(H,32,33)(H2,37,38,39)/t25-/m1/s1. The van der Waals surface area contributed by atoms with Gasteiger partial charge in [-0.05, 0) is 85.2 Å². The highest BCUT2D eigenvalue weighted by Crippen LogP contribution is 2.41. The van der Waals surface area contributed by atoms with Crippen molar-refractivity contribution in [3.63, 3.8) is 0 Å². The third-order valence-electron chi connectivity index (χ3n) is 6.25. The second-order valence-corrected chi connectivity index (χ2v) is 14.3. The first-order valence-corrected chi connectivity index (χ1v) is 15.5. The number of hydrogen-bond donors (Lipinski definition) is 3. The summed E-state index contributed by atoms with van der Waals surface area (Å²) >= 11 is 12.9. The normalized spacial score (nSPS) is 13.4. The zero-order valence-electron chi connectivity index (χ0n) is 24.6. The van der Waals surface area contributed by atoms with Crippen molar-refractivity contribution in [2.24, 2.45) is 0 Å². The number of hydrogen-bond acceptors (Lipinski definition) is 5. The van der Waals surface area contributed by atoms with E-state index in [1.165, 1.54) is 0 Å². The summed E-state index contributed by atoms with van der Waals surface area (Å²) in [6.45, 7) is 15.1. The van der Waals surface area contributed by atoms with Crippen molar-refractivity contribution in [1.82, 2.24) is 14.5 Å². The summed E-state index contributed by atoms with van der Waals surface area (Å²) < 4.78 is 18.6. The van der Waals surface area contributed by atoms with Crippen molar-refractivity contribution in [3.8, 4) is 11.1 Å². The van der Waals surface area contributed by atoms with Crippen molar-refractivity contribution in [1.29, 1.82) is 0 Å². The summed E-state index contributed by atoms with van der Waals surface area (Å²) in [5.74, 6) is 0.298. The van der Waals surface area contributed by atoms with Crippen LogP contribution in [0.2, 0.25) is 10.0 Å². The summed E-state index contributed by atoms with van der Waals surface area (Å²) in [5, 5.41) is 4.13. The monoisotopic (exact) mass is 624 g/mol. The molecule has 0 bridgehead atoms. The molecule has 0 saturated carbocycles. The number of carbonyl (C=O) groups excluding carboxylic acids is 1. The fraction of sp³-hybridized carbons (Fsp3) is 0.448. The van der Waals surface area contributed by atoms with Crippen molar-refractivity contribution < 1.29 is 23.7 Å². The molecule has 41 heavy (non-hydrogen) atoms. The van der Waals surface area contributed by atoms with Crippen LogP contribution in [0.1, 0.15) is 77.5 Å². The van der Waals surface area contributed by atoms with Gasteiger partial charge in [-0.15, -0.1) is 0 Å². The highest BCUT2D eigenvalue weighted by molar-refractivity contribution is 7.46. The number of pyridine rings is 1. The van der Waals surface area contributed by atoms with Crippen LogP contribution in [0.4, 0.5) is 5.82 Å². The van der Waals surface area contributed by atoms with Gasteiger partial charge in [-0.1, -0.05) is 35.3 Å². The number of nitrogens with one attached hydrogen (secondary N) is 1. The topological polar surface area (TPSA) is 117 Å². The number of phosphoric acid groups is 1. The Hall–Kier alpha value is -2.39. The molecule has 12 heteroatoms. The van der Waals surface area contributed by atoms with Gasteiger partial charge in [0.1, 0.15) is 11.5 Å². The van der Waals surface area contributed by atoms with Crippen molar-refractivity contribution in [2.75, 3.05) is 11.9 Å². The molecule has 0 radical (unpaired) electrons. The van der Waals surface area contributed by atoms with Gasteiger partial charge in [0.05, 0.1) is 17.7 Å². The Bertz CT molecular complexity index is 1440. The number of carbonyl (C=O) groups is 1. The molecule has 9 nitrogen and oxygen atoms in total. The highest BCUT2D eigenvalue weighted by atomic mass is 35.5. The van der Waals surface area contributed by atoms with E-state index >= 15 is 0 Å². The summed E-state index contributed by atoms with van der Waals surface area (Å²) in [6.07, 6.45) is 3.46. The number of phosphoric ester groups is 1. The molecule has 2 heterocycles. The van der Waals surface area contributed by atoms with Crippen LogP contribution in [-0.4, -0.2) is 48.3 Å². The summed E-state index contributed by atoms with van der Waals surface area (Å²) in [6, 6.07) is 9.74. The number of amides is 1. The van der Waals surface area contributed by atoms with E-state index in [1.807, 2.05) is 72.2 Å². The van der Waals surface area contributed by atoms with E-state index in [4.69, 9.17) is 27.7 Å². The summed E-state index contributed by atoms with van der Waals surface area (Å²) in [7, 11) is -4.84. The van der Waals surface area contributed by atoms with Crippen molar-refractivity contribution in [2.45, 2.75) is 78.6 Å². The zero-order valence-corrected chi connectivity index (χ0v) is 27.1. The molecule has 1 amide bonds. The van der Waals surface area contributed by atoms with Crippen LogP contribution in [0.3, 0.4) is 0 Å². The van der Waals surface area contributed by atoms with Gasteiger partial charge in [0.2, 0.25) is 0 Å². The summed E-state index contributed by atoms with van der Waals surface area (Å²) in [4.78, 5) is 39.6. The van der Waals surface area contributed by atoms with Gasteiger partial charge < -0.3 is 24.6 Å². The lowest BCUT2D eigenvalue weighted by Gasteiger charge is -2.42. The number of aromatic nitrogens is 2. The minimum absolute atomic E-state index is 0.159. The molecule has 0 aliphatic rings. The van der Waals surface area contributed by atoms with E-state index in [9.17, 15) is 19.1 Å². The number of rotatable bonds is 9. The fourth-order valence-corrected chi connectivity index (χ4v) is 5.35. The van der Waals surface area contributed by atoms with Gasteiger partial charge in [0.25, 0.3) is 5.91 Å². The number of halogens is 2. The second-order valence-electron chi connectivity index (χ2n) is 12.2. The smallest absolute Gasteiger partial charge is 0.368 e. The Morgan fingerprint density at radius 2 is 1.78 bits per heavy atom. The molecule has 0 unspecified atom stereocenters. The van der Waals surface area contributed by atoms with E-state index in [0.717, 1.165) is 5.56 Å². The lowest BCUT2D eigenvalue weighted by Crippen LogP contribution is -2.50. The first-order valence-electron chi connectivity index (χ1n) is 13.2. The van der Waals surface area contributed by atoms with Gasteiger partial charge in [0, 0.05) is 45.7 Å². The molecule has 0 saturated heterocycles. The third kappa shape index (κ3) is 8.57. The van der Waals surface area contributed by atoms with Gasteiger partial charge in [-0.2, -0.15) is 0 Å². The number of benzene rings is 1. The third-order valence-corrected chi connectivity index (χ3v) is 7.27. The number of anilines is 1. The van der Waals surface area contributed by atoms with E-state index in [1.54, 1.807) is 41.4 Å². The quantitative estimate of drug-likeness (QED) is 0.211. The van der Waals surface area contributed by atoms with E-state index in [2.05, 4.69) is 10.3 Å². The van der Waals surface area contributed by atoms with E-state index < -0.39 is 31.5 Å². The molecule has 0 aliphatic carbocycles. The average molecular weight is 626 g/mol. The SMILES string of the molecule is CC(C)Nc1cc(-c2cc(C(=O)N([C@H](COP(=O)(O)O)c3cccc(Cl)c3)C(C)(C)C)n(C(C)(C)C)c2)c(Cl)cn1. The Kier molecular flexibility index (Phi) is 10.1. The molecule has 2 aromatic heterocycles. The Morgan fingerprint density at radius 1 is 1.12 bits per heavy atom. The van der Waals surface area contributed by atoms with E-state index in [0.29, 0.717) is 32.7 Å².